The molecule has 0 N–H and O–H groups in total. The highest BCUT2D eigenvalue weighted by Gasteiger charge is 2.30. The molecular formula is C22H22N4O2. The van der Waals surface area contributed by atoms with Crippen LogP contribution in [-0.4, -0.2) is 34.0 Å². The van der Waals surface area contributed by atoms with Gasteiger partial charge in [0.15, 0.2) is 6.10 Å². The Morgan fingerprint density at radius 1 is 0.964 bits per heavy atom. The summed E-state index contributed by atoms with van der Waals surface area (Å²) < 4.78 is 6.01. The summed E-state index contributed by atoms with van der Waals surface area (Å²) in [5.41, 5.74) is 1.86. The lowest BCUT2D eigenvalue weighted by Gasteiger charge is -2.32. The zero-order chi connectivity index (χ0) is 19.2. The van der Waals surface area contributed by atoms with Crippen molar-refractivity contribution in [3.63, 3.8) is 0 Å². The molecule has 1 fully saturated rings. The first kappa shape index (κ1) is 18.1. The molecule has 6 heteroatoms. The van der Waals surface area contributed by atoms with E-state index in [0.29, 0.717) is 12.5 Å². The fourth-order valence-corrected chi connectivity index (χ4v) is 3.51. The third-order valence-electron chi connectivity index (χ3n) is 4.93. The first-order valence-electron chi connectivity index (χ1n) is 9.48. The van der Waals surface area contributed by atoms with E-state index in [0.717, 1.165) is 30.5 Å². The predicted octanol–water partition coefficient (Wildman–Crippen LogP) is 3.42. The number of carbonyl (C=O) groups is 1. The number of rotatable bonds is 5. The normalized spacial score (nSPS) is 17.7. The van der Waals surface area contributed by atoms with Crippen molar-refractivity contribution >= 4 is 11.9 Å². The molecule has 28 heavy (non-hydrogen) atoms. The zero-order valence-electron chi connectivity index (χ0n) is 15.5. The van der Waals surface area contributed by atoms with Gasteiger partial charge in [-0.05, 0) is 36.6 Å². The summed E-state index contributed by atoms with van der Waals surface area (Å²) in [7, 11) is 0. The highest BCUT2D eigenvalue weighted by molar-refractivity contribution is 5.74. The minimum absolute atomic E-state index is 0.189. The van der Waals surface area contributed by atoms with Gasteiger partial charge in [0, 0.05) is 43.4 Å². The van der Waals surface area contributed by atoms with E-state index >= 15 is 0 Å². The van der Waals surface area contributed by atoms with Crippen molar-refractivity contribution in [2.75, 3.05) is 18.0 Å². The van der Waals surface area contributed by atoms with Crippen LogP contribution in [0.4, 0.5) is 5.95 Å². The van der Waals surface area contributed by atoms with E-state index < -0.39 is 6.10 Å². The molecule has 0 unspecified atom stereocenters. The quantitative estimate of drug-likeness (QED) is 0.638. The lowest BCUT2D eigenvalue weighted by molar-refractivity contribution is -0.152. The summed E-state index contributed by atoms with van der Waals surface area (Å²) in [4.78, 5) is 27.8. The van der Waals surface area contributed by atoms with Crippen molar-refractivity contribution in [3.8, 4) is 0 Å². The molecule has 0 amide bonds. The first-order chi connectivity index (χ1) is 13.8. The maximum absolute atomic E-state index is 13.0. The van der Waals surface area contributed by atoms with E-state index in [4.69, 9.17) is 4.74 Å². The molecule has 1 aliphatic heterocycles. The molecule has 1 saturated heterocycles. The van der Waals surface area contributed by atoms with Crippen molar-refractivity contribution < 1.29 is 9.53 Å². The maximum Gasteiger partial charge on any atom is 0.311 e. The minimum Gasteiger partial charge on any atom is -0.452 e. The van der Waals surface area contributed by atoms with Crippen LogP contribution in [-0.2, 0) is 9.53 Å². The Kier molecular flexibility index (Phi) is 5.56. The lowest BCUT2D eigenvalue weighted by atomic mass is 9.97. The van der Waals surface area contributed by atoms with E-state index in [2.05, 4.69) is 19.9 Å². The van der Waals surface area contributed by atoms with Gasteiger partial charge in [0.1, 0.15) is 0 Å². The Bertz CT molecular complexity index is 851. The molecule has 1 aromatic carbocycles. The average molecular weight is 374 g/mol. The van der Waals surface area contributed by atoms with Gasteiger partial charge in [-0.15, -0.1) is 0 Å². The van der Waals surface area contributed by atoms with Gasteiger partial charge in [-0.2, -0.15) is 0 Å². The van der Waals surface area contributed by atoms with Crippen LogP contribution in [0.15, 0.2) is 73.3 Å². The number of hydrogen-bond acceptors (Lipinski definition) is 6. The Morgan fingerprint density at radius 2 is 1.68 bits per heavy atom. The standard InChI is InChI=1S/C22H22N4O2/c27-21(19-8-4-15-26(16-19)22-24-11-5-12-25-22)28-20(17-6-2-1-3-7-17)18-9-13-23-14-10-18/h1-3,5-7,9-14,19-20H,4,8,15-16H2/t19-,20+/m0/s1. The smallest absolute Gasteiger partial charge is 0.311 e. The Morgan fingerprint density at radius 3 is 2.43 bits per heavy atom. The molecule has 0 radical (unpaired) electrons. The number of pyridine rings is 1. The van der Waals surface area contributed by atoms with Crippen molar-refractivity contribution in [1.82, 2.24) is 15.0 Å². The van der Waals surface area contributed by atoms with E-state index in [-0.39, 0.29) is 11.9 Å². The van der Waals surface area contributed by atoms with E-state index in [1.807, 2.05) is 42.5 Å². The molecule has 6 nitrogen and oxygen atoms in total. The van der Waals surface area contributed by atoms with E-state index in [1.54, 1.807) is 30.9 Å². The zero-order valence-corrected chi connectivity index (χ0v) is 15.5. The lowest BCUT2D eigenvalue weighted by Crippen LogP contribution is -2.40. The Hall–Kier alpha value is -3.28. The van der Waals surface area contributed by atoms with Gasteiger partial charge in [0.2, 0.25) is 5.95 Å². The number of esters is 1. The highest BCUT2D eigenvalue weighted by atomic mass is 16.5. The molecule has 3 aromatic rings. The van der Waals surface area contributed by atoms with Crippen LogP contribution in [0.25, 0.3) is 0 Å². The molecule has 3 heterocycles. The topological polar surface area (TPSA) is 68.2 Å². The van der Waals surface area contributed by atoms with Gasteiger partial charge in [-0.25, -0.2) is 9.97 Å². The van der Waals surface area contributed by atoms with Crippen molar-refractivity contribution in [1.29, 1.82) is 0 Å². The fraction of sp³-hybridized carbons (Fsp3) is 0.273. The summed E-state index contributed by atoms with van der Waals surface area (Å²) in [5, 5.41) is 0. The number of ether oxygens (including phenoxy) is 1. The van der Waals surface area contributed by atoms with Crippen molar-refractivity contribution in [2.45, 2.75) is 18.9 Å². The number of piperidine rings is 1. The minimum atomic E-state index is -0.444. The number of nitrogens with zero attached hydrogens (tertiary/aromatic N) is 4. The van der Waals surface area contributed by atoms with Gasteiger partial charge in [0.05, 0.1) is 5.92 Å². The van der Waals surface area contributed by atoms with Crippen LogP contribution in [0.2, 0.25) is 0 Å². The molecule has 4 rings (SSSR count). The van der Waals surface area contributed by atoms with E-state index in [1.165, 1.54) is 0 Å². The van der Waals surface area contributed by atoms with Gasteiger partial charge in [0.25, 0.3) is 0 Å². The largest absolute Gasteiger partial charge is 0.452 e. The van der Waals surface area contributed by atoms with Crippen LogP contribution < -0.4 is 4.90 Å². The summed E-state index contributed by atoms with van der Waals surface area (Å²) >= 11 is 0. The van der Waals surface area contributed by atoms with Gasteiger partial charge in [-0.1, -0.05) is 30.3 Å². The Balaban J connectivity index is 1.51. The van der Waals surface area contributed by atoms with Crippen LogP contribution in [0.5, 0.6) is 0 Å². The molecule has 1 aliphatic rings. The van der Waals surface area contributed by atoms with Crippen molar-refractivity contribution in [3.05, 3.63) is 84.4 Å². The molecule has 142 valence electrons. The van der Waals surface area contributed by atoms with Crippen LogP contribution in [0.3, 0.4) is 0 Å². The number of benzene rings is 1. The molecule has 2 atom stereocenters. The summed E-state index contributed by atoms with van der Waals surface area (Å²) in [6.45, 7) is 1.42. The molecule has 0 saturated carbocycles. The molecule has 0 spiro atoms. The third-order valence-corrected chi connectivity index (χ3v) is 4.93. The molecule has 0 aliphatic carbocycles. The summed E-state index contributed by atoms with van der Waals surface area (Å²) in [6.07, 6.45) is 8.14. The fourth-order valence-electron chi connectivity index (χ4n) is 3.51. The average Bonchev–Trinajstić information content (AvgIpc) is 2.79. The molecular weight excluding hydrogens is 352 g/mol. The van der Waals surface area contributed by atoms with Gasteiger partial charge in [-0.3, -0.25) is 9.78 Å². The monoisotopic (exact) mass is 374 g/mol. The summed E-state index contributed by atoms with van der Waals surface area (Å²) in [5.74, 6) is 0.269. The third kappa shape index (κ3) is 4.17. The van der Waals surface area contributed by atoms with Crippen LogP contribution in [0, 0.1) is 5.92 Å². The van der Waals surface area contributed by atoms with Gasteiger partial charge >= 0.3 is 5.97 Å². The molecule has 0 bridgehead atoms. The summed E-state index contributed by atoms with van der Waals surface area (Å²) in [6, 6.07) is 15.4. The number of anilines is 1. The van der Waals surface area contributed by atoms with Crippen molar-refractivity contribution in [2.24, 2.45) is 5.92 Å². The number of aromatic nitrogens is 3. The molecule has 2 aromatic heterocycles. The van der Waals surface area contributed by atoms with E-state index in [9.17, 15) is 4.79 Å². The maximum atomic E-state index is 13.0. The first-order valence-corrected chi connectivity index (χ1v) is 9.48. The Labute approximate surface area is 164 Å². The van der Waals surface area contributed by atoms with Gasteiger partial charge < -0.3 is 9.64 Å². The van der Waals surface area contributed by atoms with Crippen LogP contribution in [0.1, 0.15) is 30.1 Å². The number of hydrogen-bond donors (Lipinski definition) is 0. The second-order valence-corrected chi connectivity index (χ2v) is 6.84. The highest BCUT2D eigenvalue weighted by Crippen LogP contribution is 2.29. The second-order valence-electron chi connectivity index (χ2n) is 6.84. The number of carbonyl (C=O) groups excluding carboxylic acids is 1. The predicted molar refractivity (Wildman–Crippen MR) is 106 cm³/mol. The van der Waals surface area contributed by atoms with Crippen LogP contribution >= 0.6 is 0 Å². The SMILES string of the molecule is O=C(O[C@H](c1ccccc1)c1ccncc1)[C@H]1CCCN(c2ncccn2)C1. The second kappa shape index (κ2) is 8.61.